The highest BCUT2D eigenvalue weighted by Gasteiger charge is 1.95. The van der Waals surface area contributed by atoms with Crippen molar-refractivity contribution in [3.63, 3.8) is 0 Å². The van der Waals surface area contributed by atoms with Gasteiger partial charge >= 0.3 is 4.36 Å². The summed E-state index contributed by atoms with van der Waals surface area (Å²) in [5.41, 5.74) is 0. The van der Waals surface area contributed by atoms with Gasteiger partial charge in [-0.15, -0.1) is 31.5 Å². The van der Waals surface area contributed by atoms with Gasteiger partial charge < -0.3 is 0 Å². The molecule has 0 rings (SSSR count). The summed E-state index contributed by atoms with van der Waals surface area (Å²) in [6.07, 6.45) is 0. The quantitative estimate of drug-likeness (QED) is 0.537. The SMILES string of the molecule is N#CB(Br)Br. The summed E-state index contributed by atoms with van der Waals surface area (Å²) in [7, 11) is 0. The highest BCUT2D eigenvalue weighted by atomic mass is 79.9. The summed E-state index contributed by atoms with van der Waals surface area (Å²) in [6.45, 7) is 0. The topological polar surface area (TPSA) is 23.8 Å². The van der Waals surface area contributed by atoms with Crippen LogP contribution >= 0.6 is 31.5 Å². The Balaban J connectivity index is 2.94. The van der Waals surface area contributed by atoms with Crippen LogP contribution < -0.4 is 0 Å². The van der Waals surface area contributed by atoms with Crippen LogP contribution in [0.5, 0.6) is 0 Å². The van der Waals surface area contributed by atoms with Crippen LogP contribution in [0.2, 0.25) is 0 Å². The maximum Gasteiger partial charge on any atom is 0.413 e. The third kappa shape index (κ3) is 4.51. The van der Waals surface area contributed by atoms with Crippen LogP contribution in [-0.2, 0) is 0 Å². The van der Waals surface area contributed by atoms with E-state index in [1.807, 2.05) is 5.97 Å². The number of hydrogen-bond acceptors (Lipinski definition) is 1. The van der Waals surface area contributed by atoms with Gasteiger partial charge in [-0.25, -0.2) is 5.26 Å². The zero-order valence-corrected chi connectivity index (χ0v) is 5.45. The minimum Gasteiger partial charge on any atom is -0.210 e. The molecule has 0 unspecified atom stereocenters. The zero-order chi connectivity index (χ0) is 4.28. The van der Waals surface area contributed by atoms with Gasteiger partial charge in [0.05, 0.1) is 0 Å². The minimum atomic E-state index is -0.185. The van der Waals surface area contributed by atoms with Crippen LogP contribution in [0.4, 0.5) is 0 Å². The monoisotopic (exact) mass is 195 g/mol. The van der Waals surface area contributed by atoms with E-state index in [2.05, 4.69) is 31.5 Å². The second kappa shape index (κ2) is 2.74. The molecular formula is CBBr2N. The van der Waals surface area contributed by atoms with Gasteiger partial charge in [-0.2, -0.15) is 0 Å². The van der Waals surface area contributed by atoms with Crippen molar-refractivity contribution in [3.8, 4) is 5.97 Å². The number of hydrogen-bond donors (Lipinski definition) is 0. The molecular weight excluding hydrogens is 197 g/mol. The molecule has 0 fully saturated rings. The van der Waals surface area contributed by atoms with Crippen LogP contribution in [-0.4, -0.2) is 4.36 Å². The fourth-order valence-electron chi connectivity index (χ4n) is 0. The van der Waals surface area contributed by atoms with E-state index in [0.717, 1.165) is 0 Å². The van der Waals surface area contributed by atoms with Gasteiger partial charge in [-0.3, -0.25) is 0 Å². The molecule has 1 nitrogen and oxygen atoms in total. The molecule has 0 atom stereocenters. The molecule has 0 N–H and O–H groups in total. The Morgan fingerprint density at radius 2 is 1.80 bits per heavy atom. The second-order valence-corrected chi connectivity index (χ2v) is 3.49. The van der Waals surface area contributed by atoms with Crippen molar-refractivity contribution < 1.29 is 0 Å². The summed E-state index contributed by atoms with van der Waals surface area (Å²) in [5.74, 6) is 1.86. The van der Waals surface area contributed by atoms with E-state index in [9.17, 15) is 0 Å². The lowest BCUT2D eigenvalue weighted by Crippen LogP contribution is -1.77. The van der Waals surface area contributed by atoms with Gasteiger partial charge in [-0.05, 0) is 0 Å². The molecule has 0 aliphatic carbocycles. The molecule has 0 radical (unpaired) electrons. The predicted octanol–water partition coefficient (Wildman–Crippen LogP) is 1.33. The first-order valence-corrected chi connectivity index (χ1v) is 2.78. The van der Waals surface area contributed by atoms with Gasteiger partial charge in [0.2, 0.25) is 0 Å². The Morgan fingerprint density at radius 1 is 1.60 bits per heavy atom. The van der Waals surface area contributed by atoms with Crippen molar-refractivity contribution in [2.45, 2.75) is 0 Å². The highest BCUT2D eigenvalue weighted by Crippen LogP contribution is 1.97. The Bertz CT molecular complexity index is 55.2. The molecule has 0 aromatic carbocycles. The van der Waals surface area contributed by atoms with Gasteiger partial charge in [-0.1, -0.05) is 0 Å². The summed E-state index contributed by atoms with van der Waals surface area (Å²) < 4.78 is -0.185. The Kier molecular flexibility index (Phi) is 3.02. The van der Waals surface area contributed by atoms with Crippen molar-refractivity contribution in [2.24, 2.45) is 0 Å². The van der Waals surface area contributed by atoms with Gasteiger partial charge in [0, 0.05) is 5.97 Å². The summed E-state index contributed by atoms with van der Waals surface area (Å²) >= 11 is 5.86. The van der Waals surface area contributed by atoms with E-state index in [0.29, 0.717) is 0 Å². The maximum atomic E-state index is 7.80. The van der Waals surface area contributed by atoms with Crippen LogP contribution in [0.15, 0.2) is 0 Å². The molecule has 0 saturated carbocycles. The fraction of sp³-hybridized carbons (Fsp3) is 0. The van der Waals surface area contributed by atoms with Crippen LogP contribution in [0.1, 0.15) is 0 Å². The lowest BCUT2D eigenvalue weighted by atomic mass is 10.2. The predicted molar refractivity (Wildman–Crippen MR) is 29.2 cm³/mol. The number of nitriles is 1. The third-order valence-electron chi connectivity index (χ3n) is 0.0976. The molecule has 0 heterocycles. The first kappa shape index (κ1) is 5.51. The zero-order valence-electron chi connectivity index (χ0n) is 2.28. The smallest absolute Gasteiger partial charge is 0.210 e. The van der Waals surface area contributed by atoms with Crippen molar-refractivity contribution in [1.29, 1.82) is 5.26 Å². The summed E-state index contributed by atoms with van der Waals surface area (Å²) in [6, 6.07) is 0. The lowest BCUT2D eigenvalue weighted by Gasteiger charge is -1.62. The molecule has 0 amide bonds. The van der Waals surface area contributed by atoms with Crippen molar-refractivity contribution in [1.82, 2.24) is 0 Å². The Labute approximate surface area is 47.4 Å². The summed E-state index contributed by atoms with van der Waals surface area (Å²) in [5, 5.41) is 7.80. The molecule has 0 aromatic heterocycles. The fourth-order valence-corrected chi connectivity index (χ4v) is 0. The Hall–Kier alpha value is 0.515. The average Bonchev–Trinajstić information content (AvgIpc) is 1.38. The Morgan fingerprint density at radius 3 is 1.80 bits per heavy atom. The largest absolute Gasteiger partial charge is 0.413 e. The van der Waals surface area contributed by atoms with E-state index in [1.54, 1.807) is 0 Å². The van der Waals surface area contributed by atoms with Crippen molar-refractivity contribution in [3.05, 3.63) is 0 Å². The van der Waals surface area contributed by atoms with E-state index < -0.39 is 0 Å². The molecule has 5 heavy (non-hydrogen) atoms. The van der Waals surface area contributed by atoms with E-state index in [1.165, 1.54) is 0 Å². The number of nitrogens with zero attached hydrogens (tertiary/aromatic N) is 1. The van der Waals surface area contributed by atoms with Gasteiger partial charge in [0.15, 0.2) is 0 Å². The minimum absolute atomic E-state index is 0.185. The molecule has 4 heteroatoms. The van der Waals surface area contributed by atoms with Gasteiger partial charge in [0.25, 0.3) is 0 Å². The van der Waals surface area contributed by atoms with E-state index in [4.69, 9.17) is 5.26 Å². The van der Waals surface area contributed by atoms with E-state index >= 15 is 0 Å². The third-order valence-corrected chi connectivity index (χ3v) is 0.507. The van der Waals surface area contributed by atoms with Crippen molar-refractivity contribution >= 4 is 35.9 Å². The van der Waals surface area contributed by atoms with Crippen LogP contribution in [0.3, 0.4) is 0 Å². The first-order chi connectivity index (χ1) is 2.27. The van der Waals surface area contributed by atoms with E-state index in [-0.39, 0.29) is 4.36 Å². The average molecular weight is 197 g/mol. The normalized spacial score (nSPS) is 5.80. The molecule has 0 bridgehead atoms. The maximum absolute atomic E-state index is 7.80. The number of halogens is 2. The molecule has 0 aliphatic rings. The van der Waals surface area contributed by atoms with Crippen LogP contribution in [0, 0.1) is 11.2 Å². The molecule has 26 valence electrons. The van der Waals surface area contributed by atoms with Crippen molar-refractivity contribution in [2.75, 3.05) is 0 Å². The lowest BCUT2D eigenvalue weighted by molar-refractivity contribution is 1.56. The number of rotatable bonds is 0. The van der Waals surface area contributed by atoms with Crippen LogP contribution in [0.25, 0.3) is 0 Å². The van der Waals surface area contributed by atoms with Gasteiger partial charge in [0.1, 0.15) is 0 Å². The molecule has 0 aliphatic heterocycles. The first-order valence-electron chi connectivity index (χ1n) is 0.949. The highest BCUT2D eigenvalue weighted by molar-refractivity contribution is 9.49. The standard InChI is InChI=1S/CBBr2N/c3-2(4)1-5. The molecule has 0 spiro atoms. The molecule has 0 aromatic rings. The molecule has 0 saturated heterocycles. The summed E-state index contributed by atoms with van der Waals surface area (Å²) in [4.78, 5) is 0. The second-order valence-electron chi connectivity index (χ2n) is 0.430.